The topological polar surface area (TPSA) is 38.8 Å². The summed E-state index contributed by atoms with van der Waals surface area (Å²) in [5.41, 5.74) is 2.39. The molecule has 2 rings (SSSR count). The minimum atomic E-state index is -0.450. The van der Waals surface area contributed by atoms with Crippen LogP contribution >= 0.6 is 0 Å². The summed E-state index contributed by atoms with van der Waals surface area (Å²) in [5, 5.41) is 0. The zero-order valence-electron chi connectivity index (χ0n) is 16.7. The lowest BCUT2D eigenvalue weighted by molar-refractivity contribution is -0.164. The Bertz CT molecular complexity index is 670. The van der Waals surface area contributed by atoms with Crippen LogP contribution in [0.15, 0.2) is 66.8 Å². The van der Waals surface area contributed by atoms with Gasteiger partial charge in [-0.1, -0.05) is 66.8 Å². The quantitative estimate of drug-likeness (QED) is 0.506. The third kappa shape index (κ3) is 6.19. The summed E-state index contributed by atoms with van der Waals surface area (Å²) in [6.45, 7) is 10.2. The molecule has 1 aliphatic rings. The van der Waals surface area contributed by atoms with Crippen molar-refractivity contribution in [3.05, 3.63) is 72.4 Å². The first-order valence-electron chi connectivity index (χ1n) is 9.42. The van der Waals surface area contributed by atoms with Gasteiger partial charge >= 0.3 is 5.97 Å². The van der Waals surface area contributed by atoms with Crippen molar-refractivity contribution in [2.75, 3.05) is 20.3 Å². The van der Waals surface area contributed by atoms with Gasteiger partial charge in [-0.05, 0) is 32.3 Å². The molecule has 1 saturated heterocycles. The highest BCUT2D eigenvalue weighted by atomic mass is 16.6. The van der Waals surface area contributed by atoms with Crippen molar-refractivity contribution >= 4 is 5.97 Å². The van der Waals surface area contributed by atoms with E-state index in [1.165, 1.54) is 18.2 Å². The van der Waals surface area contributed by atoms with Gasteiger partial charge in [0.25, 0.3) is 0 Å². The van der Waals surface area contributed by atoms with E-state index in [1.54, 1.807) is 6.08 Å². The van der Waals surface area contributed by atoms with Crippen LogP contribution in [0, 0.1) is 0 Å². The molecule has 1 heterocycles. The number of nitrogens with zero attached hydrogens (tertiary/aromatic N) is 1. The summed E-state index contributed by atoms with van der Waals surface area (Å²) >= 11 is 0. The van der Waals surface area contributed by atoms with Crippen molar-refractivity contribution in [2.45, 2.75) is 44.9 Å². The van der Waals surface area contributed by atoms with Gasteiger partial charge in [0.05, 0.1) is 13.7 Å². The van der Waals surface area contributed by atoms with Crippen LogP contribution in [-0.4, -0.2) is 42.8 Å². The predicted molar refractivity (Wildman–Crippen MR) is 109 cm³/mol. The Balaban J connectivity index is 2.15. The van der Waals surface area contributed by atoms with Crippen LogP contribution in [0.1, 0.15) is 32.3 Å². The van der Waals surface area contributed by atoms with E-state index in [0.29, 0.717) is 13.0 Å². The average Bonchev–Trinajstić information content (AvgIpc) is 2.68. The van der Waals surface area contributed by atoms with E-state index in [-0.39, 0.29) is 11.5 Å². The zero-order chi connectivity index (χ0) is 19.7. The van der Waals surface area contributed by atoms with Gasteiger partial charge in [0.15, 0.2) is 6.10 Å². The van der Waals surface area contributed by atoms with Crippen LogP contribution in [0.25, 0.3) is 0 Å². The predicted octanol–water partition coefficient (Wildman–Crippen LogP) is 4.29. The highest BCUT2D eigenvalue weighted by Crippen LogP contribution is 2.31. The number of allylic oxidation sites excluding steroid dienone is 4. The third-order valence-corrected chi connectivity index (χ3v) is 5.05. The molecule has 0 bridgehead atoms. The second kappa shape index (κ2) is 10.2. The molecule has 1 aliphatic heterocycles. The first kappa shape index (κ1) is 21.1. The Labute approximate surface area is 163 Å². The van der Waals surface area contributed by atoms with E-state index in [1.807, 2.05) is 18.2 Å². The molecule has 0 amide bonds. The number of esters is 1. The van der Waals surface area contributed by atoms with Crippen LogP contribution in [0.5, 0.6) is 0 Å². The number of ether oxygens (including phenoxy) is 2. The van der Waals surface area contributed by atoms with Crippen LogP contribution < -0.4 is 0 Å². The molecule has 0 aliphatic carbocycles. The van der Waals surface area contributed by atoms with Gasteiger partial charge < -0.3 is 9.47 Å². The Kier molecular flexibility index (Phi) is 8.01. The summed E-state index contributed by atoms with van der Waals surface area (Å²) in [5.74, 6) is -0.280. The smallest absolute Gasteiger partial charge is 0.334 e. The van der Waals surface area contributed by atoms with Crippen molar-refractivity contribution < 1.29 is 14.3 Å². The molecule has 0 spiro atoms. The largest absolute Gasteiger partial charge is 0.467 e. The lowest BCUT2D eigenvalue weighted by Gasteiger charge is -2.45. The summed E-state index contributed by atoms with van der Waals surface area (Å²) < 4.78 is 10.7. The first-order valence-corrected chi connectivity index (χ1v) is 9.42. The summed E-state index contributed by atoms with van der Waals surface area (Å²) in [6, 6.07) is 10.5. The lowest BCUT2D eigenvalue weighted by Crippen LogP contribution is -2.54. The van der Waals surface area contributed by atoms with Gasteiger partial charge in [-0.15, -0.1) is 0 Å². The van der Waals surface area contributed by atoms with E-state index in [2.05, 4.69) is 55.7 Å². The van der Waals surface area contributed by atoms with E-state index in [0.717, 1.165) is 19.5 Å². The third-order valence-electron chi connectivity index (χ3n) is 5.05. The Hall–Kier alpha value is -2.17. The second-order valence-corrected chi connectivity index (χ2v) is 7.33. The standard InChI is InChI=1S/C23H31NO3/c1-5-6-8-11-19(2)16-24(17-20-12-9-7-10-13-20)23(3)15-14-21(27-18-23)22(25)26-4/h5-13,21H,1,14-18H2,2-4H3/b8-6-,19-11+/t21-,23?/m0/s1. The zero-order valence-corrected chi connectivity index (χ0v) is 16.7. The van der Waals surface area contributed by atoms with Gasteiger partial charge in [-0.3, -0.25) is 4.90 Å². The molecule has 1 aromatic rings. The van der Waals surface area contributed by atoms with Crippen LogP contribution in [-0.2, 0) is 20.8 Å². The molecule has 4 heteroatoms. The van der Waals surface area contributed by atoms with E-state index in [4.69, 9.17) is 9.47 Å². The molecule has 0 aromatic heterocycles. The number of hydrogen-bond donors (Lipinski definition) is 0. The molecule has 1 fully saturated rings. The summed E-state index contributed by atoms with van der Waals surface area (Å²) in [6.07, 6.45) is 8.93. The molecule has 146 valence electrons. The molecular formula is C23H31NO3. The molecule has 27 heavy (non-hydrogen) atoms. The van der Waals surface area contributed by atoms with Gasteiger partial charge in [0, 0.05) is 18.6 Å². The fourth-order valence-electron chi connectivity index (χ4n) is 3.34. The Morgan fingerprint density at radius 2 is 2.11 bits per heavy atom. The molecule has 0 saturated carbocycles. The monoisotopic (exact) mass is 369 g/mol. The normalized spacial score (nSPS) is 23.6. The minimum Gasteiger partial charge on any atom is -0.467 e. The Morgan fingerprint density at radius 3 is 2.70 bits per heavy atom. The van der Waals surface area contributed by atoms with E-state index in [9.17, 15) is 4.79 Å². The van der Waals surface area contributed by atoms with Gasteiger partial charge in [0.1, 0.15) is 0 Å². The van der Waals surface area contributed by atoms with Crippen molar-refractivity contribution in [3.63, 3.8) is 0 Å². The van der Waals surface area contributed by atoms with Gasteiger partial charge in [-0.2, -0.15) is 0 Å². The fraction of sp³-hybridized carbons (Fsp3) is 0.435. The molecule has 4 nitrogen and oxygen atoms in total. The van der Waals surface area contributed by atoms with E-state index < -0.39 is 6.10 Å². The summed E-state index contributed by atoms with van der Waals surface area (Å²) in [4.78, 5) is 14.2. The van der Waals surface area contributed by atoms with Crippen molar-refractivity contribution in [3.8, 4) is 0 Å². The highest BCUT2D eigenvalue weighted by Gasteiger charge is 2.39. The molecule has 0 radical (unpaired) electrons. The van der Waals surface area contributed by atoms with E-state index >= 15 is 0 Å². The van der Waals surface area contributed by atoms with Crippen molar-refractivity contribution in [1.29, 1.82) is 0 Å². The maximum absolute atomic E-state index is 11.8. The van der Waals surface area contributed by atoms with Gasteiger partial charge in [-0.25, -0.2) is 4.79 Å². The van der Waals surface area contributed by atoms with Crippen molar-refractivity contribution in [2.24, 2.45) is 0 Å². The number of carbonyl (C=O) groups excluding carboxylic acids is 1. The number of hydrogen-bond acceptors (Lipinski definition) is 4. The number of benzene rings is 1. The second-order valence-electron chi connectivity index (χ2n) is 7.33. The molecule has 0 N–H and O–H groups in total. The molecular weight excluding hydrogens is 338 g/mol. The highest BCUT2D eigenvalue weighted by molar-refractivity contribution is 5.74. The molecule has 2 atom stereocenters. The van der Waals surface area contributed by atoms with Gasteiger partial charge in [0.2, 0.25) is 0 Å². The number of carbonyl (C=O) groups is 1. The first-order chi connectivity index (χ1) is 13.0. The fourth-order valence-corrected chi connectivity index (χ4v) is 3.34. The summed E-state index contributed by atoms with van der Waals surface area (Å²) in [7, 11) is 1.41. The SMILES string of the molecule is C=C/C=C\C=C(/C)CN(Cc1ccccc1)C1(C)CC[C@@H](C(=O)OC)OC1. The van der Waals surface area contributed by atoms with Crippen LogP contribution in [0.4, 0.5) is 0 Å². The van der Waals surface area contributed by atoms with Crippen LogP contribution in [0.2, 0.25) is 0 Å². The lowest BCUT2D eigenvalue weighted by atomic mass is 9.89. The number of methoxy groups -OCH3 is 1. The minimum absolute atomic E-state index is 0.141. The maximum atomic E-state index is 11.8. The van der Waals surface area contributed by atoms with Crippen molar-refractivity contribution in [1.82, 2.24) is 4.90 Å². The average molecular weight is 370 g/mol. The molecule has 1 unspecified atom stereocenters. The Morgan fingerprint density at radius 1 is 1.37 bits per heavy atom. The number of rotatable bonds is 8. The maximum Gasteiger partial charge on any atom is 0.334 e. The molecule has 1 aromatic carbocycles. The van der Waals surface area contributed by atoms with Crippen LogP contribution in [0.3, 0.4) is 0 Å².